The first-order valence-corrected chi connectivity index (χ1v) is 4.68. The first-order valence-electron chi connectivity index (χ1n) is 4.68. The fourth-order valence-electron chi connectivity index (χ4n) is 1.22. The molecule has 0 unspecified atom stereocenters. The lowest BCUT2D eigenvalue weighted by atomic mass is 10.1. The van der Waals surface area contributed by atoms with E-state index in [0.29, 0.717) is 6.54 Å². The molecule has 0 aromatic heterocycles. The van der Waals surface area contributed by atoms with Gasteiger partial charge in [0, 0.05) is 19.0 Å². The molecule has 0 saturated carbocycles. The van der Waals surface area contributed by atoms with E-state index in [9.17, 15) is 9.90 Å². The summed E-state index contributed by atoms with van der Waals surface area (Å²) in [5.74, 6) is 0.141. The molecule has 0 fully saturated rings. The van der Waals surface area contributed by atoms with E-state index in [0.717, 1.165) is 17.5 Å². The molecule has 3 nitrogen and oxygen atoms in total. The topological polar surface area (TPSA) is 49.3 Å². The molecule has 0 aliphatic heterocycles. The molecule has 0 radical (unpaired) electrons. The van der Waals surface area contributed by atoms with Crippen molar-refractivity contribution in [2.75, 3.05) is 0 Å². The molecule has 1 aromatic carbocycles. The quantitative estimate of drug-likeness (QED) is 0.765. The third-order valence-electron chi connectivity index (χ3n) is 2.08. The van der Waals surface area contributed by atoms with Gasteiger partial charge in [-0.25, -0.2) is 0 Å². The van der Waals surface area contributed by atoms with Gasteiger partial charge in [0.25, 0.3) is 0 Å². The van der Waals surface area contributed by atoms with Crippen LogP contribution in [0.5, 0.6) is 5.75 Å². The average molecular weight is 193 g/mol. The van der Waals surface area contributed by atoms with Crippen molar-refractivity contribution in [2.45, 2.75) is 26.8 Å². The minimum absolute atomic E-state index is 0.0914. The van der Waals surface area contributed by atoms with Gasteiger partial charge in [0.1, 0.15) is 5.75 Å². The molecule has 2 N–H and O–H groups in total. The smallest absolute Gasteiger partial charge is 0.217 e. The molecule has 0 atom stereocenters. The van der Waals surface area contributed by atoms with E-state index in [1.54, 1.807) is 6.07 Å². The van der Waals surface area contributed by atoms with Crippen LogP contribution in [0, 0.1) is 0 Å². The van der Waals surface area contributed by atoms with Crippen LogP contribution in [0.15, 0.2) is 18.2 Å². The summed E-state index contributed by atoms with van der Waals surface area (Å²) in [5, 5.41) is 12.1. The lowest BCUT2D eigenvalue weighted by molar-refractivity contribution is -0.119. The number of carbonyl (C=O) groups excluding carboxylic acids is 1. The van der Waals surface area contributed by atoms with E-state index >= 15 is 0 Å². The summed E-state index contributed by atoms with van der Waals surface area (Å²) >= 11 is 0. The van der Waals surface area contributed by atoms with Gasteiger partial charge in [0.15, 0.2) is 0 Å². The summed E-state index contributed by atoms with van der Waals surface area (Å²) in [7, 11) is 0. The molecule has 1 rings (SSSR count). The maximum atomic E-state index is 10.7. The minimum atomic E-state index is -0.0914. The van der Waals surface area contributed by atoms with Crippen molar-refractivity contribution in [1.82, 2.24) is 5.32 Å². The predicted molar refractivity (Wildman–Crippen MR) is 55.0 cm³/mol. The van der Waals surface area contributed by atoms with E-state index in [1.807, 2.05) is 12.1 Å². The SMILES string of the molecule is CCc1ccc(O)c(CNC(C)=O)c1. The fraction of sp³-hybridized carbons (Fsp3) is 0.364. The van der Waals surface area contributed by atoms with Crippen molar-refractivity contribution in [3.8, 4) is 5.75 Å². The molecule has 0 heterocycles. The zero-order valence-corrected chi connectivity index (χ0v) is 8.50. The number of aryl methyl sites for hydroxylation is 1. The van der Waals surface area contributed by atoms with Crippen molar-refractivity contribution in [3.63, 3.8) is 0 Å². The summed E-state index contributed by atoms with van der Waals surface area (Å²) in [6.45, 7) is 3.89. The zero-order valence-electron chi connectivity index (χ0n) is 8.50. The lowest BCUT2D eigenvalue weighted by Crippen LogP contribution is -2.19. The third-order valence-corrected chi connectivity index (χ3v) is 2.08. The Morgan fingerprint density at radius 1 is 1.50 bits per heavy atom. The van der Waals surface area contributed by atoms with Gasteiger partial charge >= 0.3 is 0 Å². The van der Waals surface area contributed by atoms with Crippen molar-refractivity contribution < 1.29 is 9.90 Å². The van der Waals surface area contributed by atoms with Crippen LogP contribution in [0.1, 0.15) is 25.0 Å². The monoisotopic (exact) mass is 193 g/mol. The molecule has 0 aliphatic rings. The first-order chi connectivity index (χ1) is 6.63. The average Bonchev–Trinajstić information content (AvgIpc) is 2.16. The van der Waals surface area contributed by atoms with Gasteiger partial charge in [-0.05, 0) is 18.1 Å². The molecular weight excluding hydrogens is 178 g/mol. The standard InChI is InChI=1S/C11H15NO2/c1-3-9-4-5-11(14)10(6-9)7-12-8(2)13/h4-6,14H,3,7H2,1-2H3,(H,12,13). The molecule has 76 valence electrons. The van der Waals surface area contributed by atoms with E-state index in [2.05, 4.69) is 12.2 Å². The van der Waals surface area contributed by atoms with E-state index in [-0.39, 0.29) is 11.7 Å². The van der Waals surface area contributed by atoms with E-state index in [1.165, 1.54) is 6.92 Å². The molecule has 0 saturated heterocycles. The second kappa shape index (κ2) is 4.65. The van der Waals surface area contributed by atoms with Crippen molar-refractivity contribution in [1.29, 1.82) is 0 Å². The van der Waals surface area contributed by atoms with Crippen LogP contribution in [0.25, 0.3) is 0 Å². The van der Waals surface area contributed by atoms with Crippen LogP contribution in [0.4, 0.5) is 0 Å². The van der Waals surface area contributed by atoms with Crippen molar-refractivity contribution in [3.05, 3.63) is 29.3 Å². The summed E-state index contributed by atoms with van der Waals surface area (Å²) in [5.41, 5.74) is 1.92. The van der Waals surface area contributed by atoms with Crippen LogP contribution >= 0.6 is 0 Å². The number of benzene rings is 1. The number of phenols is 1. The van der Waals surface area contributed by atoms with Crippen molar-refractivity contribution >= 4 is 5.91 Å². The maximum Gasteiger partial charge on any atom is 0.217 e. The number of hydrogen-bond donors (Lipinski definition) is 2. The molecule has 3 heteroatoms. The van der Waals surface area contributed by atoms with Crippen LogP contribution in [0.2, 0.25) is 0 Å². The van der Waals surface area contributed by atoms with Crippen LogP contribution in [-0.2, 0) is 17.8 Å². The molecule has 0 bridgehead atoms. The Morgan fingerprint density at radius 2 is 2.21 bits per heavy atom. The second-order valence-electron chi connectivity index (χ2n) is 3.23. The highest BCUT2D eigenvalue weighted by atomic mass is 16.3. The minimum Gasteiger partial charge on any atom is -0.508 e. The Morgan fingerprint density at radius 3 is 2.79 bits per heavy atom. The number of hydrogen-bond acceptors (Lipinski definition) is 2. The number of amides is 1. The molecular formula is C11H15NO2. The highest BCUT2D eigenvalue weighted by Crippen LogP contribution is 2.18. The molecule has 1 aromatic rings. The normalized spacial score (nSPS) is 9.86. The van der Waals surface area contributed by atoms with Gasteiger partial charge in [0.2, 0.25) is 5.91 Å². The lowest BCUT2D eigenvalue weighted by Gasteiger charge is -2.06. The van der Waals surface area contributed by atoms with Crippen LogP contribution < -0.4 is 5.32 Å². The van der Waals surface area contributed by atoms with Crippen molar-refractivity contribution in [2.24, 2.45) is 0 Å². The maximum absolute atomic E-state index is 10.7. The number of rotatable bonds is 3. The number of aromatic hydroxyl groups is 1. The molecule has 0 spiro atoms. The predicted octanol–water partition coefficient (Wildman–Crippen LogP) is 1.59. The second-order valence-corrected chi connectivity index (χ2v) is 3.23. The zero-order chi connectivity index (χ0) is 10.6. The van der Waals surface area contributed by atoms with E-state index in [4.69, 9.17) is 0 Å². The molecule has 14 heavy (non-hydrogen) atoms. The molecule has 1 amide bonds. The number of nitrogens with one attached hydrogen (secondary N) is 1. The van der Waals surface area contributed by atoms with Gasteiger partial charge < -0.3 is 10.4 Å². The third kappa shape index (κ3) is 2.76. The Hall–Kier alpha value is -1.51. The Kier molecular flexibility index (Phi) is 3.51. The number of phenolic OH excluding ortho intramolecular Hbond substituents is 1. The highest BCUT2D eigenvalue weighted by molar-refractivity contribution is 5.72. The van der Waals surface area contributed by atoms with E-state index < -0.39 is 0 Å². The highest BCUT2D eigenvalue weighted by Gasteiger charge is 2.02. The van der Waals surface area contributed by atoms with Crippen LogP contribution in [0.3, 0.4) is 0 Å². The Bertz CT molecular complexity index is 334. The van der Waals surface area contributed by atoms with Gasteiger partial charge in [-0.3, -0.25) is 4.79 Å². The van der Waals surface area contributed by atoms with Gasteiger partial charge in [-0.1, -0.05) is 19.1 Å². The Balaban J connectivity index is 2.78. The summed E-state index contributed by atoms with van der Waals surface area (Å²) < 4.78 is 0. The first kappa shape index (κ1) is 10.6. The van der Waals surface area contributed by atoms with Crippen LogP contribution in [-0.4, -0.2) is 11.0 Å². The van der Waals surface area contributed by atoms with Gasteiger partial charge in [-0.2, -0.15) is 0 Å². The summed E-state index contributed by atoms with van der Waals surface area (Å²) in [4.78, 5) is 10.7. The largest absolute Gasteiger partial charge is 0.508 e. The molecule has 0 aliphatic carbocycles. The van der Waals surface area contributed by atoms with Gasteiger partial charge in [-0.15, -0.1) is 0 Å². The summed E-state index contributed by atoms with van der Waals surface area (Å²) in [6, 6.07) is 5.45. The number of carbonyl (C=O) groups is 1. The fourth-order valence-corrected chi connectivity index (χ4v) is 1.22. The summed E-state index contributed by atoms with van der Waals surface area (Å²) in [6.07, 6.45) is 0.924. The Labute approximate surface area is 83.8 Å². The van der Waals surface area contributed by atoms with Gasteiger partial charge in [0.05, 0.1) is 0 Å².